The number of benzene rings is 1. The third-order valence-corrected chi connectivity index (χ3v) is 6.25. The molecule has 0 spiro atoms. The van der Waals surface area contributed by atoms with Crippen molar-refractivity contribution in [3.8, 4) is 5.75 Å². The number of halogens is 3. The first-order valence-corrected chi connectivity index (χ1v) is 11.5. The molecular formula is C22H22F3N5O3S. The molecule has 1 fully saturated rings. The number of amides is 2. The van der Waals surface area contributed by atoms with Gasteiger partial charge in [-0.15, -0.1) is 13.2 Å². The highest BCUT2D eigenvalue weighted by atomic mass is 32.1. The van der Waals surface area contributed by atoms with Gasteiger partial charge in [0.1, 0.15) is 16.1 Å². The van der Waals surface area contributed by atoms with Crippen LogP contribution in [0.15, 0.2) is 42.6 Å². The summed E-state index contributed by atoms with van der Waals surface area (Å²) in [6, 6.07) is 8.61. The summed E-state index contributed by atoms with van der Waals surface area (Å²) in [4.78, 5) is 38.6. The molecule has 3 heterocycles. The number of aromatic nitrogens is 2. The van der Waals surface area contributed by atoms with Crippen molar-refractivity contribution in [1.29, 1.82) is 0 Å². The number of ether oxygens (including phenoxy) is 1. The molecule has 1 saturated heterocycles. The zero-order valence-electron chi connectivity index (χ0n) is 18.0. The number of fused-ring (bicyclic) bond motifs is 1. The largest absolute Gasteiger partial charge is 0.573 e. The highest BCUT2D eigenvalue weighted by molar-refractivity contribution is 7.21. The van der Waals surface area contributed by atoms with E-state index in [9.17, 15) is 22.8 Å². The summed E-state index contributed by atoms with van der Waals surface area (Å²) in [5, 5.41) is 3.46. The molecule has 1 N–H and O–H groups in total. The van der Waals surface area contributed by atoms with Crippen molar-refractivity contribution in [1.82, 2.24) is 14.9 Å². The highest BCUT2D eigenvalue weighted by Gasteiger charge is 2.31. The van der Waals surface area contributed by atoms with Crippen molar-refractivity contribution in [2.45, 2.75) is 25.6 Å². The maximum absolute atomic E-state index is 12.7. The van der Waals surface area contributed by atoms with Crippen molar-refractivity contribution < 1.29 is 27.5 Å². The van der Waals surface area contributed by atoms with Gasteiger partial charge in [-0.05, 0) is 42.8 Å². The molecule has 8 nitrogen and oxygen atoms in total. The van der Waals surface area contributed by atoms with E-state index in [1.165, 1.54) is 23.5 Å². The number of rotatable bonds is 6. The summed E-state index contributed by atoms with van der Waals surface area (Å²) in [7, 11) is 0. The summed E-state index contributed by atoms with van der Waals surface area (Å²) in [5.74, 6) is -0.883. The molecule has 0 saturated carbocycles. The smallest absolute Gasteiger partial charge is 0.406 e. The minimum absolute atomic E-state index is 0.0244. The molecule has 0 bridgehead atoms. The first-order valence-electron chi connectivity index (χ1n) is 10.7. The zero-order valence-corrected chi connectivity index (χ0v) is 18.9. The Kier molecular flexibility index (Phi) is 7.15. The lowest BCUT2D eigenvalue weighted by Gasteiger charge is -2.21. The van der Waals surface area contributed by atoms with Gasteiger partial charge < -0.3 is 19.9 Å². The van der Waals surface area contributed by atoms with Crippen LogP contribution in [0.25, 0.3) is 10.3 Å². The Morgan fingerprint density at radius 3 is 2.59 bits per heavy atom. The Hall–Kier alpha value is -3.41. The fraction of sp³-hybridized carbons (Fsp3) is 0.364. The molecule has 0 radical (unpaired) electrons. The maximum atomic E-state index is 12.7. The first kappa shape index (κ1) is 23.7. The molecule has 1 aliphatic rings. The van der Waals surface area contributed by atoms with Gasteiger partial charge in [0.25, 0.3) is 0 Å². The van der Waals surface area contributed by atoms with Crippen LogP contribution in [0.4, 0.5) is 24.0 Å². The number of carbonyl (C=O) groups is 2. The minimum atomic E-state index is -4.78. The molecule has 0 atom stereocenters. The van der Waals surface area contributed by atoms with Crippen LogP contribution in [0.1, 0.15) is 19.3 Å². The Balaban J connectivity index is 1.24. The predicted molar refractivity (Wildman–Crippen MR) is 122 cm³/mol. The molecule has 1 aliphatic heterocycles. The quantitative estimate of drug-likeness (QED) is 0.558. The second-order valence-corrected chi connectivity index (χ2v) is 8.62. The third-order valence-electron chi connectivity index (χ3n) is 5.21. The van der Waals surface area contributed by atoms with Gasteiger partial charge >= 0.3 is 6.36 Å². The highest BCUT2D eigenvalue weighted by Crippen LogP contribution is 2.28. The molecule has 12 heteroatoms. The van der Waals surface area contributed by atoms with Gasteiger partial charge in [-0.25, -0.2) is 9.97 Å². The van der Waals surface area contributed by atoms with E-state index >= 15 is 0 Å². The van der Waals surface area contributed by atoms with E-state index in [-0.39, 0.29) is 24.5 Å². The van der Waals surface area contributed by atoms with Gasteiger partial charge in [-0.2, -0.15) is 0 Å². The van der Waals surface area contributed by atoms with Crippen LogP contribution in [-0.2, 0) is 9.59 Å². The second-order valence-electron chi connectivity index (χ2n) is 7.67. The molecule has 4 rings (SSSR count). The summed E-state index contributed by atoms with van der Waals surface area (Å²) in [6.07, 6.45) is -2.23. The minimum Gasteiger partial charge on any atom is -0.406 e. The van der Waals surface area contributed by atoms with E-state index < -0.39 is 12.3 Å². The summed E-state index contributed by atoms with van der Waals surface area (Å²) >= 11 is 1.52. The van der Waals surface area contributed by atoms with Gasteiger partial charge in [0.2, 0.25) is 11.8 Å². The molecule has 1 aromatic carbocycles. The van der Waals surface area contributed by atoms with Crippen LogP contribution in [-0.4, -0.2) is 59.2 Å². The number of pyridine rings is 1. The SMILES string of the molecule is O=C(CCC(=O)N1CCCN(c2nc3cccnc3s2)CC1)Nc1ccc(OC(F)(F)F)cc1. The predicted octanol–water partition coefficient (Wildman–Crippen LogP) is 4.05. The lowest BCUT2D eigenvalue weighted by atomic mass is 10.2. The van der Waals surface area contributed by atoms with Crippen molar-refractivity contribution in [2.75, 3.05) is 36.4 Å². The number of hydrogen-bond acceptors (Lipinski definition) is 7. The number of nitrogens with zero attached hydrogens (tertiary/aromatic N) is 4. The number of thiazole rings is 1. The number of anilines is 2. The monoisotopic (exact) mass is 493 g/mol. The number of carbonyl (C=O) groups excluding carboxylic acids is 2. The lowest BCUT2D eigenvalue weighted by Crippen LogP contribution is -2.35. The van der Waals surface area contributed by atoms with Crippen molar-refractivity contribution in [2.24, 2.45) is 0 Å². The molecule has 3 aromatic rings. The van der Waals surface area contributed by atoms with Gasteiger partial charge in [0, 0.05) is 50.9 Å². The van der Waals surface area contributed by atoms with Crippen molar-refractivity contribution >= 4 is 44.3 Å². The van der Waals surface area contributed by atoms with Gasteiger partial charge in [0.05, 0.1) is 0 Å². The molecule has 34 heavy (non-hydrogen) atoms. The number of nitrogens with one attached hydrogen (secondary N) is 1. The summed E-state index contributed by atoms with van der Waals surface area (Å²) in [5.41, 5.74) is 1.18. The Bertz CT molecular complexity index is 1120. The van der Waals surface area contributed by atoms with Crippen molar-refractivity contribution in [3.05, 3.63) is 42.6 Å². The average Bonchev–Trinajstić information content (AvgIpc) is 3.07. The zero-order chi connectivity index (χ0) is 24.1. The topological polar surface area (TPSA) is 87.7 Å². The standard InChI is InChI=1S/C22H22F3N5O3S/c23-22(24,25)33-16-6-4-15(5-7-16)27-18(31)8-9-19(32)29-11-2-12-30(14-13-29)21-28-17-3-1-10-26-20(17)34-21/h1,3-7,10H,2,8-9,11-14H2,(H,27,31). The maximum Gasteiger partial charge on any atom is 0.573 e. The third kappa shape index (κ3) is 6.34. The Labute approximate surface area is 197 Å². The van der Waals surface area contributed by atoms with E-state index in [1.54, 1.807) is 11.1 Å². The van der Waals surface area contributed by atoms with Crippen LogP contribution >= 0.6 is 11.3 Å². The summed E-state index contributed by atoms with van der Waals surface area (Å²) in [6.45, 7) is 2.55. The van der Waals surface area contributed by atoms with E-state index in [1.807, 2.05) is 12.1 Å². The Morgan fingerprint density at radius 2 is 1.85 bits per heavy atom. The fourth-order valence-electron chi connectivity index (χ4n) is 3.59. The number of hydrogen-bond donors (Lipinski definition) is 1. The molecule has 2 amide bonds. The van der Waals surface area contributed by atoms with Gasteiger partial charge in [-0.3, -0.25) is 9.59 Å². The van der Waals surface area contributed by atoms with Crippen LogP contribution in [0, 0.1) is 0 Å². The van der Waals surface area contributed by atoms with E-state index in [2.05, 4.69) is 24.9 Å². The first-order chi connectivity index (χ1) is 16.3. The second kappa shape index (κ2) is 10.2. The molecule has 0 aliphatic carbocycles. The number of alkyl halides is 3. The Morgan fingerprint density at radius 1 is 1.06 bits per heavy atom. The van der Waals surface area contributed by atoms with Crippen LogP contribution in [0.2, 0.25) is 0 Å². The van der Waals surface area contributed by atoms with Crippen LogP contribution in [0.3, 0.4) is 0 Å². The van der Waals surface area contributed by atoms with Crippen LogP contribution in [0.5, 0.6) is 5.75 Å². The molecular weight excluding hydrogens is 471 g/mol. The van der Waals surface area contributed by atoms with Crippen molar-refractivity contribution in [3.63, 3.8) is 0 Å². The molecule has 180 valence electrons. The lowest BCUT2D eigenvalue weighted by molar-refractivity contribution is -0.274. The van der Waals surface area contributed by atoms with Gasteiger partial charge in [-0.1, -0.05) is 11.3 Å². The molecule has 0 unspecified atom stereocenters. The van der Waals surface area contributed by atoms with E-state index in [0.717, 1.165) is 40.6 Å². The average molecular weight is 494 g/mol. The van der Waals surface area contributed by atoms with E-state index in [4.69, 9.17) is 0 Å². The van der Waals surface area contributed by atoms with Gasteiger partial charge in [0.15, 0.2) is 5.13 Å². The summed E-state index contributed by atoms with van der Waals surface area (Å²) < 4.78 is 40.5. The van der Waals surface area contributed by atoms with E-state index in [0.29, 0.717) is 25.3 Å². The normalized spacial score (nSPS) is 14.7. The van der Waals surface area contributed by atoms with Crippen LogP contribution < -0.4 is 15.0 Å². The molecule has 2 aromatic heterocycles. The fourth-order valence-corrected chi connectivity index (χ4v) is 4.55.